The molecule has 0 aliphatic heterocycles. The lowest BCUT2D eigenvalue weighted by Crippen LogP contribution is -2.16. The maximum Gasteiger partial charge on any atom is 0.356 e. The highest BCUT2D eigenvalue weighted by molar-refractivity contribution is 9.10. The topological polar surface area (TPSA) is 102 Å². The van der Waals surface area contributed by atoms with Gasteiger partial charge in [0.05, 0.1) is 11.0 Å². The number of amides is 1. The zero-order valence-electron chi connectivity index (χ0n) is 14.0. The van der Waals surface area contributed by atoms with E-state index in [2.05, 4.69) is 31.4 Å². The van der Waals surface area contributed by atoms with Crippen molar-refractivity contribution in [3.05, 3.63) is 63.5 Å². The van der Waals surface area contributed by atoms with Crippen LogP contribution in [0.5, 0.6) is 0 Å². The SMILES string of the molecule is O=C(CCn1ccc(C(=O)O)n1)Nc1nn(Cc2ccccc2Cl)cc1Br. The summed E-state index contributed by atoms with van der Waals surface area (Å²) >= 11 is 9.54. The van der Waals surface area contributed by atoms with Crippen molar-refractivity contribution >= 4 is 45.2 Å². The van der Waals surface area contributed by atoms with E-state index in [9.17, 15) is 9.59 Å². The van der Waals surface area contributed by atoms with E-state index in [-0.39, 0.29) is 24.6 Å². The normalized spacial score (nSPS) is 10.7. The third kappa shape index (κ3) is 4.95. The second kappa shape index (κ2) is 8.36. The van der Waals surface area contributed by atoms with Gasteiger partial charge in [-0.05, 0) is 33.6 Å². The van der Waals surface area contributed by atoms with E-state index in [4.69, 9.17) is 16.7 Å². The van der Waals surface area contributed by atoms with E-state index >= 15 is 0 Å². The van der Waals surface area contributed by atoms with Crippen LogP contribution in [0.25, 0.3) is 0 Å². The van der Waals surface area contributed by atoms with Crippen molar-refractivity contribution in [2.24, 2.45) is 0 Å². The van der Waals surface area contributed by atoms with Crippen molar-refractivity contribution in [1.82, 2.24) is 19.6 Å². The minimum Gasteiger partial charge on any atom is -0.476 e. The summed E-state index contributed by atoms with van der Waals surface area (Å²) in [6.45, 7) is 0.733. The lowest BCUT2D eigenvalue weighted by molar-refractivity contribution is -0.116. The molecule has 3 aromatic rings. The highest BCUT2D eigenvalue weighted by Crippen LogP contribution is 2.22. The quantitative estimate of drug-likeness (QED) is 0.573. The first-order valence-corrected chi connectivity index (χ1v) is 9.12. The molecule has 1 aromatic carbocycles. The number of halogens is 2. The maximum atomic E-state index is 12.1. The number of benzene rings is 1. The Morgan fingerprint density at radius 1 is 1.19 bits per heavy atom. The summed E-state index contributed by atoms with van der Waals surface area (Å²) in [4.78, 5) is 22.9. The molecule has 0 bridgehead atoms. The lowest BCUT2D eigenvalue weighted by Gasteiger charge is -2.05. The molecule has 10 heteroatoms. The smallest absolute Gasteiger partial charge is 0.356 e. The number of carboxylic acid groups (broad SMARTS) is 1. The van der Waals surface area contributed by atoms with Gasteiger partial charge in [-0.2, -0.15) is 10.2 Å². The second-order valence-electron chi connectivity index (χ2n) is 5.68. The number of carbonyl (C=O) groups excluding carboxylic acids is 1. The number of hydrogen-bond donors (Lipinski definition) is 2. The summed E-state index contributed by atoms with van der Waals surface area (Å²) < 4.78 is 3.73. The molecule has 0 atom stereocenters. The number of aromatic nitrogens is 4. The number of carboxylic acids is 1. The molecular formula is C17H15BrClN5O3. The van der Waals surface area contributed by atoms with Crippen molar-refractivity contribution in [1.29, 1.82) is 0 Å². The largest absolute Gasteiger partial charge is 0.476 e. The number of carbonyl (C=O) groups is 2. The maximum absolute atomic E-state index is 12.1. The Labute approximate surface area is 167 Å². The van der Waals surface area contributed by atoms with Gasteiger partial charge in [0.2, 0.25) is 5.91 Å². The van der Waals surface area contributed by atoms with E-state index in [1.54, 1.807) is 10.9 Å². The van der Waals surface area contributed by atoms with Crippen molar-refractivity contribution < 1.29 is 14.7 Å². The first-order valence-electron chi connectivity index (χ1n) is 7.95. The van der Waals surface area contributed by atoms with Gasteiger partial charge in [-0.3, -0.25) is 14.2 Å². The van der Waals surface area contributed by atoms with Crippen LogP contribution in [0.3, 0.4) is 0 Å². The minimum atomic E-state index is -1.11. The molecule has 2 aromatic heterocycles. The Morgan fingerprint density at radius 2 is 1.96 bits per heavy atom. The third-order valence-electron chi connectivity index (χ3n) is 3.69. The molecule has 140 valence electrons. The fourth-order valence-electron chi connectivity index (χ4n) is 2.37. The Bertz CT molecular complexity index is 985. The molecule has 3 rings (SSSR count). The van der Waals surface area contributed by atoms with Gasteiger partial charge in [-0.15, -0.1) is 0 Å². The van der Waals surface area contributed by atoms with Crippen LogP contribution in [0.4, 0.5) is 5.82 Å². The summed E-state index contributed by atoms with van der Waals surface area (Å²) in [5.41, 5.74) is 0.858. The lowest BCUT2D eigenvalue weighted by atomic mass is 10.2. The third-order valence-corrected chi connectivity index (χ3v) is 4.64. The predicted octanol–water partition coefficient (Wildman–Crippen LogP) is 3.27. The van der Waals surface area contributed by atoms with Crippen LogP contribution in [0.2, 0.25) is 5.02 Å². The first-order chi connectivity index (χ1) is 12.9. The van der Waals surface area contributed by atoms with Crippen LogP contribution in [-0.4, -0.2) is 36.5 Å². The summed E-state index contributed by atoms with van der Waals surface area (Å²) in [5, 5.41) is 20.4. The van der Waals surface area contributed by atoms with Crippen LogP contribution in [0.1, 0.15) is 22.5 Å². The average molecular weight is 453 g/mol. The first kappa shape index (κ1) is 19.1. The van der Waals surface area contributed by atoms with Gasteiger partial charge in [0, 0.05) is 30.4 Å². The molecule has 1 amide bonds. The van der Waals surface area contributed by atoms with Gasteiger partial charge < -0.3 is 10.4 Å². The second-order valence-corrected chi connectivity index (χ2v) is 6.94. The number of hydrogen-bond acceptors (Lipinski definition) is 4. The Morgan fingerprint density at radius 3 is 2.67 bits per heavy atom. The molecule has 27 heavy (non-hydrogen) atoms. The van der Waals surface area contributed by atoms with Gasteiger partial charge in [-0.1, -0.05) is 29.8 Å². The molecule has 0 saturated carbocycles. The van der Waals surface area contributed by atoms with Crippen LogP contribution >= 0.6 is 27.5 Å². The van der Waals surface area contributed by atoms with Crippen LogP contribution in [-0.2, 0) is 17.9 Å². The Hall–Kier alpha value is -2.65. The molecule has 0 aliphatic rings. The molecule has 2 N–H and O–H groups in total. The van der Waals surface area contributed by atoms with Gasteiger partial charge >= 0.3 is 5.97 Å². The van der Waals surface area contributed by atoms with E-state index in [1.807, 2.05) is 24.3 Å². The standard InChI is InChI=1S/C17H15BrClN5O3/c18-12-10-24(9-11-3-1-2-4-13(11)19)22-16(12)20-15(25)6-8-23-7-5-14(21-23)17(26)27/h1-5,7,10H,6,8-9H2,(H,26,27)(H,20,22,25). The molecular weight excluding hydrogens is 438 g/mol. The van der Waals surface area contributed by atoms with Crippen molar-refractivity contribution in [2.45, 2.75) is 19.5 Å². The van der Waals surface area contributed by atoms with E-state index in [0.717, 1.165) is 5.56 Å². The zero-order chi connectivity index (χ0) is 19.4. The zero-order valence-corrected chi connectivity index (χ0v) is 16.3. The van der Waals surface area contributed by atoms with E-state index < -0.39 is 5.97 Å². The summed E-state index contributed by atoms with van der Waals surface area (Å²) in [6.07, 6.45) is 3.40. The molecule has 2 heterocycles. The predicted molar refractivity (Wildman–Crippen MR) is 103 cm³/mol. The van der Waals surface area contributed by atoms with Crippen molar-refractivity contribution in [3.63, 3.8) is 0 Å². The minimum absolute atomic E-state index is 0.0588. The van der Waals surface area contributed by atoms with E-state index in [1.165, 1.54) is 16.9 Å². The summed E-state index contributed by atoms with van der Waals surface area (Å²) in [6, 6.07) is 8.85. The Kier molecular flexibility index (Phi) is 5.92. The molecule has 0 fully saturated rings. The fraction of sp³-hybridized carbons (Fsp3) is 0.176. The van der Waals surface area contributed by atoms with Gasteiger partial charge in [0.15, 0.2) is 11.5 Å². The van der Waals surface area contributed by atoms with Gasteiger partial charge in [0.1, 0.15) is 0 Å². The van der Waals surface area contributed by atoms with Gasteiger partial charge in [-0.25, -0.2) is 4.79 Å². The molecule has 8 nitrogen and oxygen atoms in total. The number of anilines is 1. The highest BCUT2D eigenvalue weighted by atomic mass is 79.9. The number of rotatable bonds is 7. The molecule has 0 aliphatic carbocycles. The van der Waals surface area contributed by atoms with Crippen molar-refractivity contribution in [3.8, 4) is 0 Å². The molecule has 0 spiro atoms. The van der Waals surface area contributed by atoms with Crippen LogP contribution in [0.15, 0.2) is 47.2 Å². The number of aryl methyl sites for hydroxylation is 1. The Balaban J connectivity index is 1.58. The fourth-order valence-corrected chi connectivity index (χ4v) is 2.99. The van der Waals surface area contributed by atoms with Crippen LogP contribution < -0.4 is 5.32 Å². The van der Waals surface area contributed by atoms with Crippen LogP contribution in [0, 0.1) is 0 Å². The number of nitrogens with zero attached hydrogens (tertiary/aromatic N) is 4. The monoisotopic (exact) mass is 451 g/mol. The average Bonchev–Trinajstić information content (AvgIpc) is 3.22. The summed E-state index contributed by atoms with van der Waals surface area (Å²) in [5.74, 6) is -0.962. The molecule has 0 saturated heterocycles. The van der Waals surface area contributed by atoms with Gasteiger partial charge in [0.25, 0.3) is 0 Å². The highest BCUT2D eigenvalue weighted by Gasteiger charge is 2.12. The number of nitrogens with one attached hydrogen (secondary N) is 1. The van der Waals surface area contributed by atoms with Crippen molar-refractivity contribution in [2.75, 3.05) is 5.32 Å². The molecule has 0 radical (unpaired) electrons. The van der Waals surface area contributed by atoms with E-state index in [0.29, 0.717) is 21.9 Å². The summed E-state index contributed by atoms with van der Waals surface area (Å²) in [7, 11) is 0. The number of aromatic carboxylic acids is 1. The molecule has 0 unspecified atom stereocenters.